The van der Waals surface area contributed by atoms with Crippen LogP contribution in [0.5, 0.6) is 23.0 Å². The normalized spacial score (nSPS) is 28.7. The molecule has 652 valence electrons. The molecule has 11 aliphatic rings. The number of nitrogens with zero attached hydrogens (tertiary/aromatic N) is 5. The van der Waals surface area contributed by atoms with Crippen molar-refractivity contribution in [3.63, 3.8) is 0 Å². The zero-order valence-corrected chi connectivity index (χ0v) is 72.5. The Kier molecular flexibility index (Phi) is 25.7. The maximum atomic E-state index is 14.8. The van der Waals surface area contributed by atoms with E-state index in [0.717, 1.165) is 128 Å². The van der Waals surface area contributed by atoms with E-state index in [0.29, 0.717) is 105 Å². The molecule has 4 aromatic rings. The fourth-order valence-electron chi connectivity index (χ4n) is 18.9. The number of rotatable bonds is 11. The Bertz CT molecular complexity index is 4900. The number of carbonyl (C=O) groups excluding carboxylic acids is 10. The first-order chi connectivity index (χ1) is 55.5. The lowest BCUT2D eigenvalue weighted by Crippen LogP contribution is -2.48. The van der Waals surface area contributed by atoms with Crippen LogP contribution < -0.4 is 28.4 Å². The van der Waals surface area contributed by atoms with Crippen LogP contribution in [0, 0.1) is 48.3 Å². The number of hydrogen-bond donors (Lipinski definition) is 2. The van der Waals surface area contributed by atoms with Crippen molar-refractivity contribution < 1.29 is 98.0 Å². The average molecular weight is 1690 g/mol. The van der Waals surface area contributed by atoms with Gasteiger partial charge in [-0.05, 0) is 207 Å². The molecule has 6 amide bonds. The number of hydroxylamine groups is 2. The van der Waals surface area contributed by atoms with Crippen molar-refractivity contribution in [1.82, 2.24) is 34.3 Å². The molecule has 4 saturated carbocycles. The minimum Gasteiger partial charge on any atom is -0.497 e. The highest BCUT2D eigenvalue weighted by atomic mass is 32.2. The smallest absolute Gasteiger partial charge is 0.497 e. The van der Waals surface area contributed by atoms with Gasteiger partial charge in [0.2, 0.25) is 43.7 Å². The van der Waals surface area contributed by atoms with E-state index in [9.17, 15) is 64.8 Å². The van der Waals surface area contributed by atoms with Crippen LogP contribution >= 0.6 is 0 Å². The van der Waals surface area contributed by atoms with Gasteiger partial charge in [-0.25, -0.2) is 31.6 Å². The monoisotopic (exact) mass is 1690 g/mol. The fraction of sp³-hybridized carbons (Fsp3) is 0.685. The zero-order chi connectivity index (χ0) is 85.3. The third-order valence-electron chi connectivity index (χ3n) is 26.7. The molecule has 0 radical (unpaired) electrons. The second-order valence-electron chi connectivity index (χ2n) is 38.1. The summed E-state index contributed by atoms with van der Waals surface area (Å²) in [6, 6.07) is 9.91. The Balaban J connectivity index is 0.000000186. The number of fused-ring (bicyclic) bond motifs is 10. The van der Waals surface area contributed by atoms with Crippen LogP contribution in [0.25, 0.3) is 21.8 Å². The molecule has 2 spiro atoms. The van der Waals surface area contributed by atoms with Gasteiger partial charge in [0.25, 0.3) is 11.8 Å². The number of imide groups is 1. The lowest BCUT2D eigenvalue weighted by Gasteiger charge is -2.36. The first-order valence-corrected chi connectivity index (χ1v) is 45.6. The molecular formula is C89H123N7O21S2. The summed E-state index contributed by atoms with van der Waals surface area (Å²) in [5.74, 6) is -1.81. The topological polar surface area (TPSA) is 363 Å². The van der Waals surface area contributed by atoms with Crippen LogP contribution in [-0.2, 0) is 90.4 Å². The minimum absolute atomic E-state index is 0. The van der Waals surface area contributed by atoms with E-state index in [1.165, 1.54) is 0 Å². The average Bonchev–Trinajstić information content (AvgIpc) is 1.59. The molecule has 119 heavy (non-hydrogen) atoms. The highest BCUT2D eigenvalue weighted by Crippen LogP contribution is 2.61. The van der Waals surface area contributed by atoms with Crippen molar-refractivity contribution in [1.29, 1.82) is 0 Å². The van der Waals surface area contributed by atoms with Crippen LogP contribution in [-0.4, -0.2) is 172 Å². The van der Waals surface area contributed by atoms with Crippen LogP contribution in [0.3, 0.4) is 0 Å². The second-order valence-corrected chi connectivity index (χ2v) is 42.5. The van der Waals surface area contributed by atoms with Crippen molar-refractivity contribution in [3.8, 4) is 23.0 Å². The van der Waals surface area contributed by atoms with Crippen molar-refractivity contribution >= 4 is 101 Å². The van der Waals surface area contributed by atoms with Crippen molar-refractivity contribution in [2.75, 3.05) is 27.3 Å². The molecule has 30 heteroatoms. The summed E-state index contributed by atoms with van der Waals surface area (Å²) in [5, 5.41) is 2.35. The van der Waals surface area contributed by atoms with Crippen LogP contribution in [0.2, 0.25) is 0 Å². The Labute approximate surface area is 699 Å². The van der Waals surface area contributed by atoms with E-state index < -0.39 is 117 Å². The number of ether oxygens (including phenoxy) is 6. The maximum Gasteiger partial charge on any atom is 0.534 e. The molecular weight excluding hydrogens is 1570 g/mol. The number of amides is 6. The van der Waals surface area contributed by atoms with E-state index in [4.69, 9.17) is 38.4 Å². The second kappa shape index (κ2) is 34.1. The van der Waals surface area contributed by atoms with Gasteiger partial charge < -0.3 is 38.2 Å². The number of Topliss-reactive ketones (excluding diaryl/α,β-unsaturated/α-hetero) is 2. The highest BCUT2D eigenvalue weighted by molar-refractivity contribution is 7.92. The number of esters is 1. The summed E-state index contributed by atoms with van der Waals surface area (Å²) in [6.07, 6.45) is 16.8. The third-order valence-corrected chi connectivity index (χ3v) is 31.0. The number of methoxy groups -OCH3 is 2. The van der Waals surface area contributed by atoms with Crippen molar-refractivity contribution in [2.24, 2.45) is 34.5 Å². The van der Waals surface area contributed by atoms with Gasteiger partial charge in [0.1, 0.15) is 45.4 Å². The summed E-state index contributed by atoms with van der Waals surface area (Å²) in [6.45, 7) is 19.9. The summed E-state index contributed by atoms with van der Waals surface area (Å²) in [7, 11) is -4.51. The van der Waals surface area contributed by atoms with Crippen LogP contribution in [0.4, 0.5) is 4.79 Å². The molecule has 0 unspecified atom stereocenters. The van der Waals surface area contributed by atoms with Gasteiger partial charge in [-0.1, -0.05) is 83.6 Å². The van der Waals surface area contributed by atoms with Gasteiger partial charge in [0.15, 0.2) is 11.6 Å². The number of hydrogen-bond acceptors (Lipinski definition) is 23. The lowest BCUT2D eigenvalue weighted by atomic mass is 9.85. The number of benzene rings is 2. The first-order valence-electron chi connectivity index (χ1n) is 42.6. The van der Waals surface area contributed by atoms with Crippen molar-refractivity contribution in [3.05, 3.63) is 58.9 Å². The predicted molar refractivity (Wildman–Crippen MR) is 442 cm³/mol. The molecule has 2 aromatic carbocycles. The van der Waals surface area contributed by atoms with E-state index in [1.807, 2.05) is 57.2 Å². The van der Waals surface area contributed by atoms with Gasteiger partial charge in [0, 0.05) is 72.3 Å². The van der Waals surface area contributed by atoms with E-state index in [1.54, 1.807) is 79.4 Å². The summed E-state index contributed by atoms with van der Waals surface area (Å²) < 4.78 is 90.9. The summed E-state index contributed by atoms with van der Waals surface area (Å²) in [4.78, 5) is 150. The molecule has 7 aliphatic heterocycles. The fourth-order valence-corrected chi connectivity index (χ4v) is 21.6. The molecule has 2 aromatic heterocycles. The van der Waals surface area contributed by atoms with E-state index >= 15 is 0 Å². The van der Waals surface area contributed by atoms with Gasteiger partial charge in [-0.15, -0.1) is 0 Å². The lowest BCUT2D eigenvalue weighted by molar-refractivity contribution is -0.180. The van der Waals surface area contributed by atoms with Gasteiger partial charge >= 0.3 is 12.1 Å². The SMILES string of the molecule is C.CC(C)(C)OC(=O)ON1C(=O)CCC1=O.COc1ccc2nc(C)c3c(c2c1)CC[C@]1(C[C@H]2C(=O)C[C@]4(C(=O)NS(=O)(=O)C5(C)CC5)C[C@H]4CCCCCCC[C@H](C)C(=O)N2C1)O3.COc1ccc2nc(C)c3c(c2c1)CC[C@]1(C[C@H]2C(=O)C[C@]4(C(=O)NS(=O)(=O)C5(C)CC5)C[C@H]4CCCCCCC[C@H](CC(=O)OC(C)(C)C)C(=O)N2C1)O3. The number of pyridine rings is 2. The molecule has 9 fully saturated rings. The third kappa shape index (κ3) is 19.2. The Hall–Kier alpha value is -8.54. The van der Waals surface area contributed by atoms with Gasteiger partial charge in [0.05, 0.1) is 88.6 Å². The van der Waals surface area contributed by atoms with Crippen LogP contribution in [0.15, 0.2) is 36.4 Å². The Morgan fingerprint density at radius 1 is 0.538 bits per heavy atom. The molecule has 4 aliphatic carbocycles. The summed E-state index contributed by atoms with van der Waals surface area (Å²) in [5.41, 5.74) is -0.129. The molecule has 0 bridgehead atoms. The minimum atomic E-state index is -3.92. The standard InChI is InChI=1S/C42H57N3O9S.C37H49N3O7S.C9H13NO5.CH4/c1-26-36-30(31-21-29(52-6)14-15-32(31)43-26)16-17-41(54-36)23-33-34(46)24-42(38(49)44-55(50,51)40(5)18-19-40)22-28(42)13-11-9-7-8-10-12-27(37(48)45(33)25-41)20-35(47)53-39(2,3)4;1-23-10-8-6-5-7-9-11-25-19-37(25,34(43)39-48(44,45)35(3)16-17-35)21-31(41)30-20-36(22-40(30)33(23)42)15-14-27-28-18-26(46-4)12-13-29(28)38-24(2)32(27)47-36;1-9(2,3)14-8(13)15-10-6(11)4-5-7(10)12;/h14-15,21,27-28,33H,7-13,16-20,22-25H2,1-6H3,(H,44,49);12-13,18,23,25,30H,5-11,14-17,19-22H2,1-4H3,(H,39,43);4-5H2,1-3H3;1H4/t27-,28-,33+,41-,42-;23-,25+,30-,36+,37+;;/m10../s1. The predicted octanol–water partition coefficient (Wildman–Crippen LogP) is 13.5. The van der Waals surface area contributed by atoms with E-state index in [2.05, 4.69) is 14.3 Å². The molecule has 5 saturated heterocycles. The highest BCUT2D eigenvalue weighted by Gasteiger charge is 2.66. The number of sulfonamides is 2. The molecule has 2 N–H and O–H groups in total. The molecule has 28 nitrogen and oxygen atoms in total. The molecule has 10 atom stereocenters. The van der Waals surface area contributed by atoms with E-state index in [-0.39, 0.29) is 100 Å². The number of ketones is 2. The Morgan fingerprint density at radius 2 is 0.941 bits per heavy atom. The molecule has 15 rings (SSSR count). The number of nitrogens with one attached hydrogen (secondary N) is 2. The van der Waals surface area contributed by atoms with Gasteiger partial charge in [-0.3, -0.25) is 57.4 Å². The van der Waals surface area contributed by atoms with Crippen LogP contribution in [0.1, 0.15) is 278 Å². The largest absolute Gasteiger partial charge is 0.534 e. The zero-order valence-electron chi connectivity index (χ0n) is 70.9. The molecule has 9 heterocycles. The van der Waals surface area contributed by atoms with Crippen molar-refractivity contribution in [2.45, 2.75) is 327 Å². The van der Waals surface area contributed by atoms with Gasteiger partial charge in [-0.2, -0.15) is 0 Å². The Morgan fingerprint density at radius 3 is 1.35 bits per heavy atom. The quantitative estimate of drug-likeness (QED) is 0.104. The first kappa shape index (κ1) is 89.7. The maximum absolute atomic E-state index is 14.8. The number of carbonyl (C=O) groups is 10. The number of aryl methyl sites for hydroxylation is 4. The summed E-state index contributed by atoms with van der Waals surface area (Å²) >= 11 is 0. The number of aromatic nitrogens is 2.